The molecule has 1 aliphatic rings. The lowest BCUT2D eigenvalue weighted by Gasteiger charge is -2.43. The molecular weight excluding hydrogens is 492 g/mol. The average molecular weight is 525 g/mol. The van der Waals surface area contributed by atoms with Gasteiger partial charge in [0.15, 0.2) is 9.84 Å². The van der Waals surface area contributed by atoms with Crippen LogP contribution in [0.4, 0.5) is 4.79 Å². The van der Waals surface area contributed by atoms with Crippen LogP contribution in [0.5, 0.6) is 5.75 Å². The van der Waals surface area contributed by atoms with Gasteiger partial charge in [-0.05, 0) is 46.9 Å². The van der Waals surface area contributed by atoms with Crippen LogP contribution in [-0.2, 0) is 20.9 Å². The van der Waals surface area contributed by atoms with E-state index < -0.39 is 21.5 Å². The number of benzene rings is 2. The van der Waals surface area contributed by atoms with Crippen molar-refractivity contribution in [3.05, 3.63) is 88.3 Å². The number of piperidine rings is 1. The zero-order valence-electron chi connectivity index (χ0n) is 21.5. The van der Waals surface area contributed by atoms with Gasteiger partial charge in [-0.3, -0.25) is 9.36 Å². The number of rotatable bonds is 5. The van der Waals surface area contributed by atoms with Gasteiger partial charge in [0.25, 0.3) is 5.56 Å². The fourth-order valence-electron chi connectivity index (χ4n) is 4.84. The molecule has 1 aliphatic heterocycles. The van der Waals surface area contributed by atoms with Crippen LogP contribution in [0.3, 0.4) is 0 Å². The van der Waals surface area contributed by atoms with Crippen LogP contribution in [0.25, 0.3) is 5.69 Å². The largest absolute Gasteiger partial charge is 0.482 e. The Morgan fingerprint density at radius 1 is 1.00 bits per heavy atom. The maximum Gasteiger partial charge on any atom is 0.407 e. The van der Waals surface area contributed by atoms with Crippen LogP contribution in [0.15, 0.2) is 76.6 Å². The van der Waals surface area contributed by atoms with Gasteiger partial charge in [0.05, 0.1) is 4.90 Å². The smallest absolute Gasteiger partial charge is 0.407 e. The Hall–Kier alpha value is -3.59. The fraction of sp³-hybridized carbons (Fsp3) is 0.357. The van der Waals surface area contributed by atoms with Gasteiger partial charge in [-0.1, -0.05) is 45.0 Å². The number of sulfone groups is 1. The molecule has 1 saturated heterocycles. The molecular formula is C28H32N2O6S. The molecule has 0 atom stereocenters. The number of ether oxygens (including phenoxy) is 1. The van der Waals surface area contributed by atoms with Gasteiger partial charge in [-0.2, -0.15) is 0 Å². The first-order valence-electron chi connectivity index (χ1n) is 12.1. The van der Waals surface area contributed by atoms with E-state index in [1.165, 1.54) is 27.7 Å². The van der Waals surface area contributed by atoms with Gasteiger partial charge >= 0.3 is 6.09 Å². The standard InChI is InChI=1S/C28H32N2O6S/c1-27(2,3)23-7-5-6-8-24(23)28(14-17-29(18-15-28)26(32)33)36-21-13-16-30(25(31)19-21)20-9-11-22(12-10-20)37(4,34)35/h5-13,16,19H,14-15,17-18H2,1-4H3,(H,32,33). The van der Waals surface area contributed by atoms with Crippen LogP contribution < -0.4 is 10.3 Å². The summed E-state index contributed by atoms with van der Waals surface area (Å²) in [6.07, 6.45) is 2.67. The van der Waals surface area contributed by atoms with E-state index in [-0.39, 0.29) is 15.9 Å². The summed E-state index contributed by atoms with van der Waals surface area (Å²) in [4.78, 5) is 26.2. The second-order valence-corrected chi connectivity index (χ2v) is 12.5. The van der Waals surface area contributed by atoms with E-state index in [0.29, 0.717) is 37.4 Å². The van der Waals surface area contributed by atoms with E-state index in [0.717, 1.165) is 17.4 Å². The number of hydrogen-bond acceptors (Lipinski definition) is 5. The minimum Gasteiger partial charge on any atom is -0.482 e. The molecule has 4 rings (SSSR count). The zero-order valence-corrected chi connectivity index (χ0v) is 22.3. The van der Waals surface area contributed by atoms with Crippen molar-refractivity contribution in [3.8, 4) is 11.4 Å². The highest BCUT2D eigenvalue weighted by Gasteiger charge is 2.42. The van der Waals surface area contributed by atoms with E-state index in [2.05, 4.69) is 26.8 Å². The number of aromatic nitrogens is 1. The molecule has 37 heavy (non-hydrogen) atoms. The highest BCUT2D eigenvalue weighted by atomic mass is 32.2. The number of likely N-dealkylation sites (tertiary alicyclic amines) is 1. The third kappa shape index (κ3) is 5.56. The summed E-state index contributed by atoms with van der Waals surface area (Å²) in [7, 11) is -3.34. The lowest BCUT2D eigenvalue weighted by Crippen LogP contribution is -2.48. The summed E-state index contributed by atoms with van der Waals surface area (Å²) in [6.45, 7) is 7.02. The SMILES string of the molecule is CC(C)(C)c1ccccc1C1(Oc2ccn(-c3ccc(S(C)(=O)=O)cc3)c(=O)c2)CCN(C(=O)O)CC1. The monoisotopic (exact) mass is 524 g/mol. The second kappa shape index (κ2) is 9.70. The molecule has 8 nitrogen and oxygen atoms in total. The molecule has 0 aliphatic carbocycles. The van der Waals surface area contributed by atoms with Gasteiger partial charge < -0.3 is 14.7 Å². The average Bonchev–Trinajstić information content (AvgIpc) is 2.83. The Labute approximate surface area is 217 Å². The molecule has 9 heteroatoms. The predicted octanol–water partition coefficient (Wildman–Crippen LogP) is 4.59. The van der Waals surface area contributed by atoms with Crippen LogP contribution in [0, 0.1) is 0 Å². The summed E-state index contributed by atoms with van der Waals surface area (Å²) in [5, 5.41) is 9.50. The summed E-state index contributed by atoms with van der Waals surface area (Å²) < 4.78 is 31.5. The van der Waals surface area contributed by atoms with Crippen molar-refractivity contribution in [1.29, 1.82) is 0 Å². The Morgan fingerprint density at radius 3 is 2.16 bits per heavy atom. The van der Waals surface area contributed by atoms with Gasteiger partial charge in [-0.15, -0.1) is 0 Å². The van der Waals surface area contributed by atoms with Gasteiger partial charge in [-0.25, -0.2) is 13.2 Å². The van der Waals surface area contributed by atoms with E-state index in [9.17, 15) is 23.1 Å². The topological polar surface area (TPSA) is 106 Å². The van der Waals surface area contributed by atoms with Crippen molar-refractivity contribution in [3.63, 3.8) is 0 Å². The van der Waals surface area contributed by atoms with E-state index in [1.54, 1.807) is 24.4 Å². The molecule has 3 aromatic rings. The normalized spacial score (nSPS) is 15.8. The maximum absolute atomic E-state index is 13.1. The number of carbonyl (C=O) groups is 1. The van der Waals surface area contributed by atoms with Crippen molar-refractivity contribution in [2.75, 3.05) is 19.3 Å². The molecule has 0 saturated carbocycles. The lowest BCUT2D eigenvalue weighted by atomic mass is 9.75. The molecule has 1 N–H and O–H groups in total. The first-order chi connectivity index (χ1) is 17.3. The quantitative estimate of drug-likeness (QED) is 0.524. The molecule has 0 radical (unpaired) electrons. The van der Waals surface area contributed by atoms with E-state index in [4.69, 9.17) is 4.74 Å². The Balaban J connectivity index is 1.71. The predicted molar refractivity (Wildman–Crippen MR) is 141 cm³/mol. The van der Waals surface area contributed by atoms with Crippen LogP contribution in [-0.4, -0.2) is 48.4 Å². The van der Waals surface area contributed by atoms with Crippen LogP contribution in [0.2, 0.25) is 0 Å². The van der Waals surface area contributed by atoms with Gasteiger partial charge in [0.1, 0.15) is 11.4 Å². The number of amides is 1. The fourth-order valence-corrected chi connectivity index (χ4v) is 5.47. The minimum atomic E-state index is -3.34. The van der Waals surface area contributed by atoms with Crippen molar-refractivity contribution >= 4 is 15.9 Å². The molecule has 1 aromatic heterocycles. The summed E-state index contributed by atoms with van der Waals surface area (Å²) >= 11 is 0. The lowest BCUT2D eigenvalue weighted by molar-refractivity contribution is -0.000234. The molecule has 2 heterocycles. The molecule has 1 amide bonds. The highest BCUT2D eigenvalue weighted by molar-refractivity contribution is 7.90. The van der Waals surface area contributed by atoms with E-state index in [1.807, 2.05) is 18.2 Å². The Kier molecular flexibility index (Phi) is 6.94. The molecule has 196 valence electrons. The van der Waals surface area contributed by atoms with Crippen molar-refractivity contribution < 1.29 is 23.1 Å². The third-order valence-corrected chi connectivity index (χ3v) is 7.94. The summed E-state index contributed by atoms with van der Waals surface area (Å²) in [6, 6.07) is 17.3. The van der Waals surface area contributed by atoms with Crippen LogP contribution in [0.1, 0.15) is 44.7 Å². The maximum atomic E-state index is 13.1. The molecule has 0 spiro atoms. The number of nitrogens with zero attached hydrogens (tertiary/aromatic N) is 2. The van der Waals surface area contributed by atoms with Gasteiger partial charge in [0.2, 0.25) is 0 Å². The summed E-state index contributed by atoms with van der Waals surface area (Å²) in [5.74, 6) is 0.390. The first kappa shape index (κ1) is 26.5. The van der Waals surface area contributed by atoms with Crippen molar-refractivity contribution in [2.45, 2.75) is 49.5 Å². The Morgan fingerprint density at radius 2 is 1.62 bits per heavy atom. The third-order valence-electron chi connectivity index (χ3n) is 6.81. The van der Waals surface area contributed by atoms with Crippen molar-refractivity contribution in [1.82, 2.24) is 9.47 Å². The summed E-state index contributed by atoms with van der Waals surface area (Å²) in [5.41, 5.74) is 1.34. The molecule has 2 aromatic carbocycles. The number of carboxylic acid groups (broad SMARTS) is 1. The Bertz CT molecular complexity index is 1460. The highest BCUT2D eigenvalue weighted by Crippen LogP contribution is 2.42. The molecule has 0 bridgehead atoms. The first-order valence-corrected chi connectivity index (χ1v) is 14.0. The van der Waals surface area contributed by atoms with Gasteiger partial charge in [0, 0.05) is 50.1 Å². The molecule has 0 unspecified atom stereocenters. The number of pyridine rings is 1. The second-order valence-electron chi connectivity index (χ2n) is 10.5. The van der Waals surface area contributed by atoms with E-state index >= 15 is 0 Å². The number of hydrogen-bond donors (Lipinski definition) is 1. The van der Waals surface area contributed by atoms with Crippen LogP contribution >= 0.6 is 0 Å². The minimum absolute atomic E-state index is 0.168. The zero-order chi connectivity index (χ0) is 27.0. The van der Waals surface area contributed by atoms with Crippen molar-refractivity contribution in [2.24, 2.45) is 0 Å². The molecule has 1 fully saturated rings.